The number of unbranched alkanes of at least 4 members (excludes halogenated alkanes) is 3. The van der Waals surface area contributed by atoms with Crippen molar-refractivity contribution in [2.24, 2.45) is 0 Å². The van der Waals surface area contributed by atoms with Crippen molar-refractivity contribution in [1.29, 1.82) is 0 Å². The lowest BCUT2D eigenvalue weighted by molar-refractivity contribution is 0.0659. The second-order valence-corrected chi connectivity index (χ2v) is 5.16. The number of nitrogens with one attached hydrogen (secondary N) is 1. The first-order chi connectivity index (χ1) is 9.04. The van der Waals surface area contributed by atoms with E-state index in [9.17, 15) is 4.79 Å². The maximum absolute atomic E-state index is 10.9. The van der Waals surface area contributed by atoms with E-state index in [4.69, 9.17) is 9.52 Å². The molecular weight excluding hydrogens is 242 g/mol. The fourth-order valence-corrected chi connectivity index (χ4v) is 2.10. The van der Waals surface area contributed by atoms with Gasteiger partial charge in [0.2, 0.25) is 5.76 Å². The van der Waals surface area contributed by atoms with Gasteiger partial charge in [0.1, 0.15) is 5.76 Å². The molecule has 1 atom stereocenters. The Hall–Kier alpha value is -1.29. The van der Waals surface area contributed by atoms with E-state index >= 15 is 0 Å². The van der Waals surface area contributed by atoms with Gasteiger partial charge in [-0.05, 0) is 26.3 Å². The van der Waals surface area contributed by atoms with Gasteiger partial charge in [-0.25, -0.2) is 4.79 Å². The van der Waals surface area contributed by atoms with E-state index in [1.807, 2.05) is 0 Å². The molecule has 0 aliphatic heterocycles. The standard InChI is InChI=1S/C15H25NO3/c1-4-5-6-7-8-12(3)16-10-13-9-11(2)14(19-13)15(17)18/h9,12,16H,4-8,10H2,1-3H3,(H,17,18). The molecular formula is C15H25NO3. The molecule has 1 aromatic heterocycles. The van der Waals surface area contributed by atoms with Crippen molar-refractivity contribution in [3.63, 3.8) is 0 Å². The first-order valence-corrected chi connectivity index (χ1v) is 7.10. The number of carboxylic acid groups (broad SMARTS) is 1. The zero-order chi connectivity index (χ0) is 14.3. The fourth-order valence-electron chi connectivity index (χ4n) is 2.10. The van der Waals surface area contributed by atoms with Gasteiger partial charge in [0.15, 0.2) is 0 Å². The highest BCUT2D eigenvalue weighted by molar-refractivity contribution is 5.86. The molecule has 1 unspecified atom stereocenters. The van der Waals surface area contributed by atoms with E-state index in [1.165, 1.54) is 25.7 Å². The zero-order valence-corrected chi connectivity index (χ0v) is 12.2. The van der Waals surface area contributed by atoms with Crippen LogP contribution in [-0.4, -0.2) is 17.1 Å². The number of aromatic carboxylic acids is 1. The first-order valence-electron chi connectivity index (χ1n) is 7.10. The predicted molar refractivity (Wildman–Crippen MR) is 75.5 cm³/mol. The van der Waals surface area contributed by atoms with Crippen molar-refractivity contribution >= 4 is 5.97 Å². The zero-order valence-electron chi connectivity index (χ0n) is 12.2. The van der Waals surface area contributed by atoms with Gasteiger partial charge in [0, 0.05) is 11.6 Å². The smallest absolute Gasteiger partial charge is 0.372 e. The lowest BCUT2D eigenvalue weighted by atomic mass is 10.1. The van der Waals surface area contributed by atoms with Gasteiger partial charge in [-0.1, -0.05) is 32.6 Å². The van der Waals surface area contributed by atoms with Crippen LogP contribution < -0.4 is 5.32 Å². The van der Waals surface area contributed by atoms with Gasteiger partial charge in [0.25, 0.3) is 0 Å². The first kappa shape index (κ1) is 15.8. The number of rotatable bonds is 9. The second kappa shape index (κ2) is 8.00. The normalized spacial score (nSPS) is 12.6. The summed E-state index contributed by atoms with van der Waals surface area (Å²) in [7, 11) is 0. The number of carbonyl (C=O) groups is 1. The monoisotopic (exact) mass is 267 g/mol. The van der Waals surface area contributed by atoms with Crippen LogP contribution in [0.3, 0.4) is 0 Å². The minimum atomic E-state index is -1.00. The van der Waals surface area contributed by atoms with Gasteiger partial charge in [-0.3, -0.25) is 0 Å². The summed E-state index contributed by atoms with van der Waals surface area (Å²) in [6.45, 7) is 6.70. The summed E-state index contributed by atoms with van der Waals surface area (Å²) in [5.74, 6) is -0.265. The fraction of sp³-hybridized carbons (Fsp3) is 0.667. The molecule has 2 N–H and O–H groups in total. The van der Waals surface area contributed by atoms with Crippen LogP contribution in [0, 0.1) is 6.92 Å². The summed E-state index contributed by atoms with van der Waals surface area (Å²) in [6.07, 6.45) is 6.22. The number of aryl methyl sites for hydroxylation is 1. The van der Waals surface area contributed by atoms with Crippen molar-refractivity contribution in [2.75, 3.05) is 0 Å². The van der Waals surface area contributed by atoms with E-state index in [0.29, 0.717) is 23.9 Å². The third-order valence-corrected chi connectivity index (χ3v) is 3.28. The average molecular weight is 267 g/mol. The van der Waals surface area contributed by atoms with E-state index in [1.54, 1.807) is 13.0 Å². The Morgan fingerprint density at radius 3 is 2.74 bits per heavy atom. The largest absolute Gasteiger partial charge is 0.475 e. The maximum atomic E-state index is 10.9. The van der Waals surface area contributed by atoms with Crippen LogP contribution in [0.4, 0.5) is 0 Å². The third-order valence-electron chi connectivity index (χ3n) is 3.28. The summed E-state index contributed by atoms with van der Waals surface area (Å²) >= 11 is 0. The molecule has 0 radical (unpaired) electrons. The van der Waals surface area contributed by atoms with Crippen LogP contribution in [0.15, 0.2) is 10.5 Å². The van der Waals surface area contributed by atoms with Crippen molar-refractivity contribution in [3.05, 3.63) is 23.2 Å². The average Bonchev–Trinajstić information content (AvgIpc) is 2.74. The van der Waals surface area contributed by atoms with Crippen LogP contribution in [-0.2, 0) is 6.54 Å². The molecule has 0 saturated heterocycles. The summed E-state index contributed by atoms with van der Waals surface area (Å²) in [4.78, 5) is 10.9. The summed E-state index contributed by atoms with van der Waals surface area (Å²) in [5, 5.41) is 12.3. The second-order valence-electron chi connectivity index (χ2n) is 5.16. The minimum absolute atomic E-state index is 0.0485. The molecule has 0 fully saturated rings. The molecule has 19 heavy (non-hydrogen) atoms. The molecule has 0 bridgehead atoms. The molecule has 0 aliphatic rings. The van der Waals surface area contributed by atoms with Crippen LogP contribution in [0.5, 0.6) is 0 Å². The molecule has 0 spiro atoms. The van der Waals surface area contributed by atoms with Crippen LogP contribution >= 0.6 is 0 Å². The summed E-state index contributed by atoms with van der Waals surface area (Å²) < 4.78 is 5.31. The SMILES string of the molecule is CCCCCCC(C)NCc1cc(C)c(C(=O)O)o1. The van der Waals surface area contributed by atoms with E-state index in [2.05, 4.69) is 19.2 Å². The highest BCUT2D eigenvalue weighted by atomic mass is 16.4. The quantitative estimate of drug-likeness (QED) is 0.669. The number of hydrogen-bond acceptors (Lipinski definition) is 3. The lowest BCUT2D eigenvalue weighted by Crippen LogP contribution is -2.25. The summed E-state index contributed by atoms with van der Waals surface area (Å²) in [6, 6.07) is 2.22. The Bertz CT molecular complexity index is 398. The van der Waals surface area contributed by atoms with Gasteiger partial charge >= 0.3 is 5.97 Å². The molecule has 0 saturated carbocycles. The molecule has 1 aromatic rings. The van der Waals surface area contributed by atoms with Gasteiger partial charge in [0.05, 0.1) is 6.54 Å². The Morgan fingerprint density at radius 1 is 1.42 bits per heavy atom. The number of carboxylic acids is 1. The van der Waals surface area contributed by atoms with Gasteiger partial charge < -0.3 is 14.8 Å². The molecule has 1 rings (SSSR count). The van der Waals surface area contributed by atoms with Crippen molar-refractivity contribution < 1.29 is 14.3 Å². The summed E-state index contributed by atoms with van der Waals surface area (Å²) in [5.41, 5.74) is 0.680. The number of hydrogen-bond donors (Lipinski definition) is 2. The van der Waals surface area contributed by atoms with Crippen LogP contribution in [0.1, 0.15) is 67.8 Å². The number of furan rings is 1. The van der Waals surface area contributed by atoms with Crippen molar-refractivity contribution in [3.8, 4) is 0 Å². The predicted octanol–water partition coefficient (Wildman–Crippen LogP) is 3.73. The highest BCUT2D eigenvalue weighted by Gasteiger charge is 2.14. The van der Waals surface area contributed by atoms with Gasteiger partial charge in [-0.2, -0.15) is 0 Å². The van der Waals surface area contributed by atoms with Crippen molar-refractivity contribution in [1.82, 2.24) is 5.32 Å². The molecule has 108 valence electrons. The Kier molecular flexibility index (Phi) is 6.64. The molecule has 4 heteroatoms. The minimum Gasteiger partial charge on any atom is -0.475 e. The highest BCUT2D eigenvalue weighted by Crippen LogP contribution is 2.15. The lowest BCUT2D eigenvalue weighted by Gasteiger charge is -2.12. The molecule has 1 heterocycles. The van der Waals surface area contributed by atoms with E-state index in [0.717, 1.165) is 6.42 Å². The van der Waals surface area contributed by atoms with Gasteiger partial charge in [-0.15, -0.1) is 0 Å². The third kappa shape index (κ3) is 5.47. The molecule has 0 aromatic carbocycles. The Morgan fingerprint density at radius 2 is 2.16 bits per heavy atom. The molecule has 0 aliphatic carbocycles. The van der Waals surface area contributed by atoms with E-state index in [-0.39, 0.29) is 5.76 Å². The van der Waals surface area contributed by atoms with Crippen LogP contribution in [0.25, 0.3) is 0 Å². The van der Waals surface area contributed by atoms with E-state index < -0.39 is 5.97 Å². The Balaban J connectivity index is 2.32. The maximum Gasteiger partial charge on any atom is 0.372 e. The molecule has 0 amide bonds. The topological polar surface area (TPSA) is 62.5 Å². The molecule has 4 nitrogen and oxygen atoms in total. The van der Waals surface area contributed by atoms with Crippen molar-refractivity contribution in [2.45, 2.75) is 65.5 Å². The Labute approximate surface area is 115 Å². The van der Waals surface area contributed by atoms with Crippen LogP contribution in [0.2, 0.25) is 0 Å².